The molecule has 5 rings (SSSR count). The number of halogens is 4. The average molecular weight is 462 g/mol. The van der Waals surface area contributed by atoms with Gasteiger partial charge in [0, 0.05) is 29.0 Å². The number of hydrogen-bond acceptors (Lipinski definition) is 5. The second-order valence-corrected chi connectivity index (χ2v) is 8.74. The molecule has 7 nitrogen and oxygen atoms in total. The number of aromatic nitrogens is 3. The van der Waals surface area contributed by atoms with Crippen LogP contribution in [0, 0.1) is 13.8 Å². The Morgan fingerprint density at radius 3 is 2.76 bits per heavy atom. The fourth-order valence-electron chi connectivity index (χ4n) is 4.55. The molecule has 1 aromatic carbocycles. The van der Waals surface area contributed by atoms with E-state index in [0.29, 0.717) is 23.6 Å². The molecule has 1 N–H and O–H groups in total. The summed E-state index contributed by atoms with van der Waals surface area (Å²) in [5.74, 6) is -2.74. The van der Waals surface area contributed by atoms with Gasteiger partial charge in [0.05, 0.1) is 23.8 Å². The highest BCUT2D eigenvalue weighted by Crippen LogP contribution is 2.41. The molecular weight excluding hydrogens is 438 g/mol. The minimum Gasteiger partial charge on any atom is -0.344 e. The number of anilines is 1. The van der Waals surface area contributed by atoms with Crippen LogP contribution in [0.25, 0.3) is 16.6 Å². The first-order valence-corrected chi connectivity index (χ1v) is 10.7. The second-order valence-electron chi connectivity index (χ2n) is 8.74. The van der Waals surface area contributed by atoms with Gasteiger partial charge in [-0.25, -0.2) is 27.1 Å². The maximum atomic E-state index is 14.5. The maximum absolute atomic E-state index is 14.5. The molecule has 1 fully saturated rings. The Hall–Kier alpha value is -3.08. The SMILES string of the molecule is Cc1nc(NC2CCN(C)CC2(F)F)nn2c(C)cc(-c3ccc4c(c3)[N+](CC(F)F)=N4)c12. The summed E-state index contributed by atoms with van der Waals surface area (Å²) >= 11 is 0. The summed E-state index contributed by atoms with van der Waals surface area (Å²) in [4.78, 5) is 6.08. The molecule has 33 heavy (non-hydrogen) atoms. The molecule has 2 aliphatic heterocycles. The van der Waals surface area contributed by atoms with Crippen LogP contribution in [0.5, 0.6) is 0 Å². The molecule has 2 aliphatic rings. The van der Waals surface area contributed by atoms with Gasteiger partial charge >= 0.3 is 0 Å². The standard InChI is InChI=1S/C22H24F4N7/c1-12-8-15(14-4-5-16-17(9-14)32(29-16)10-19(23)24)20-13(2)27-21(30-33(12)20)28-18-6-7-31(3)11-22(18,25)26/h4-5,8-9,18-19H,6-7,10-11H2,1-3H3,(H,27,28,30)/q+1. The predicted molar refractivity (Wildman–Crippen MR) is 115 cm³/mol. The number of benzene rings is 1. The maximum Gasteiger partial charge on any atom is 0.298 e. The van der Waals surface area contributed by atoms with Gasteiger partial charge in [0.15, 0.2) is 0 Å². The van der Waals surface area contributed by atoms with Gasteiger partial charge in [-0.3, -0.25) is 0 Å². The first kappa shape index (κ1) is 21.7. The fourth-order valence-corrected chi connectivity index (χ4v) is 4.55. The minimum atomic E-state index is -2.89. The highest BCUT2D eigenvalue weighted by atomic mass is 19.3. The fraction of sp³-hybridized carbons (Fsp3) is 0.455. The Balaban J connectivity index is 1.48. The van der Waals surface area contributed by atoms with Crippen LogP contribution in [-0.4, -0.2) is 69.3 Å². The lowest BCUT2D eigenvalue weighted by Crippen LogP contribution is -2.53. The highest BCUT2D eigenvalue weighted by molar-refractivity contribution is 5.85. The highest BCUT2D eigenvalue weighted by Gasteiger charge is 2.44. The number of likely N-dealkylation sites (tertiary alicyclic amines) is 1. The van der Waals surface area contributed by atoms with E-state index in [1.807, 2.05) is 25.1 Å². The zero-order valence-corrected chi connectivity index (χ0v) is 18.5. The Morgan fingerprint density at radius 2 is 2.03 bits per heavy atom. The van der Waals surface area contributed by atoms with E-state index < -0.39 is 24.9 Å². The van der Waals surface area contributed by atoms with Crippen LogP contribution in [-0.2, 0) is 0 Å². The normalized spacial score (nSPS) is 20.0. The van der Waals surface area contributed by atoms with Crippen molar-refractivity contribution in [1.29, 1.82) is 0 Å². The van der Waals surface area contributed by atoms with Gasteiger partial charge in [0.25, 0.3) is 18.0 Å². The van der Waals surface area contributed by atoms with Crippen molar-refractivity contribution in [3.8, 4) is 11.1 Å². The number of azo groups is 2. The van der Waals surface area contributed by atoms with Crippen LogP contribution in [0.3, 0.4) is 0 Å². The minimum absolute atomic E-state index is 0.151. The lowest BCUT2D eigenvalue weighted by Gasteiger charge is -2.36. The zero-order chi connectivity index (χ0) is 23.5. The first-order valence-electron chi connectivity index (χ1n) is 10.7. The van der Waals surface area contributed by atoms with E-state index in [2.05, 4.69) is 20.5 Å². The van der Waals surface area contributed by atoms with E-state index in [1.165, 1.54) is 4.70 Å². The summed E-state index contributed by atoms with van der Waals surface area (Å²) in [6, 6.07) is 6.38. The molecule has 1 unspecified atom stereocenters. The number of nitrogens with one attached hydrogen (secondary N) is 1. The molecule has 0 amide bonds. The molecule has 0 bridgehead atoms. The third-order valence-corrected chi connectivity index (χ3v) is 6.16. The third-order valence-electron chi connectivity index (χ3n) is 6.16. The van der Waals surface area contributed by atoms with E-state index in [-0.39, 0.29) is 18.9 Å². The number of fused-ring (bicyclic) bond motifs is 2. The van der Waals surface area contributed by atoms with Gasteiger partial charge in [0.2, 0.25) is 18.2 Å². The summed E-state index contributed by atoms with van der Waals surface area (Å²) in [6.45, 7) is 3.47. The Labute approximate surface area is 187 Å². The lowest BCUT2D eigenvalue weighted by molar-refractivity contribution is -0.536. The van der Waals surface area contributed by atoms with Crippen LogP contribution in [0.15, 0.2) is 29.4 Å². The van der Waals surface area contributed by atoms with Gasteiger partial charge in [-0.05, 0) is 45.0 Å². The van der Waals surface area contributed by atoms with Crippen molar-refractivity contribution < 1.29 is 22.3 Å². The molecule has 0 saturated carbocycles. The van der Waals surface area contributed by atoms with E-state index in [9.17, 15) is 17.6 Å². The molecular formula is C22H24F4N7+. The van der Waals surface area contributed by atoms with Crippen molar-refractivity contribution in [2.75, 3.05) is 32.0 Å². The van der Waals surface area contributed by atoms with Gasteiger partial charge < -0.3 is 10.2 Å². The van der Waals surface area contributed by atoms with E-state index in [0.717, 1.165) is 22.3 Å². The number of nitrogens with zero attached hydrogens (tertiary/aromatic N) is 6. The van der Waals surface area contributed by atoms with E-state index in [1.54, 1.807) is 29.5 Å². The Bertz CT molecular complexity index is 1270. The van der Waals surface area contributed by atoms with Crippen LogP contribution in [0.4, 0.5) is 34.9 Å². The van der Waals surface area contributed by atoms with Crippen molar-refractivity contribution in [3.63, 3.8) is 0 Å². The molecule has 1 atom stereocenters. The van der Waals surface area contributed by atoms with Gasteiger partial charge in [-0.2, -0.15) is 0 Å². The van der Waals surface area contributed by atoms with Crippen molar-refractivity contribution in [2.45, 2.75) is 38.7 Å². The summed E-state index contributed by atoms with van der Waals surface area (Å²) < 4.78 is 57.5. The Kier molecular flexibility index (Phi) is 5.11. The van der Waals surface area contributed by atoms with Crippen LogP contribution in [0.2, 0.25) is 0 Å². The molecule has 0 spiro atoms. The van der Waals surface area contributed by atoms with E-state index in [4.69, 9.17) is 0 Å². The number of piperidine rings is 1. The van der Waals surface area contributed by atoms with Crippen molar-refractivity contribution in [1.82, 2.24) is 19.5 Å². The summed E-state index contributed by atoms with van der Waals surface area (Å²) in [7, 11) is 1.68. The van der Waals surface area contributed by atoms with Gasteiger partial charge in [-0.15, -0.1) is 5.10 Å². The molecule has 11 heteroatoms. The number of aryl methyl sites for hydroxylation is 2. The molecule has 3 aromatic rings. The first-order chi connectivity index (χ1) is 15.6. The molecule has 0 radical (unpaired) electrons. The molecule has 4 heterocycles. The summed E-state index contributed by atoms with van der Waals surface area (Å²) in [5.41, 5.74) is 5.15. The third kappa shape index (κ3) is 3.84. The van der Waals surface area contributed by atoms with E-state index >= 15 is 0 Å². The van der Waals surface area contributed by atoms with Crippen molar-refractivity contribution in [3.05, 3.63) is 35.7 Å². The summed E-state index contributed by atoms with van der Waals surface area (Å²) in [5, 5.41) is 11.4. The average Bonchev–Trinajstić information content (AvgIpc) is 3.05. The quantitative estimate of drug-likeness (QED) is 0.438. The second kappa shape index (κ2) is 7.75. The number of hydrogen-bond donors (Lipinski definition) is 1. The van der Waals surface area contributed by atoms with Crippen LogP contribution >= 0.6 is 0 Å². The van der Waals surface area contributed by atoms with Gasteiger partial charge in [0.1, 0.15) is 0 Å². The molecule has 0 aliphatic carbocycles. The molecule has 1 saturated heterocycles. The molecule has 174 valence electrons. The largest absolute Gasteiger partial charge is 0.344 e. The Morgan fingerprint density at radius 1 is 1.24 bits per heavy atom. The monoisotopic (exact) mass is 462 g/mol. The zero-order valence-electron chi connectivity index (χ0n) is 18.5. The van der Waals surface area contributed by atoms with Crippen molar-refractivity contribution in [2.24, 2.45) is 5.11 Å². The van der Waals surface area contributed by atoms with Gasteiger partial charge in [-0.1, -0.05) is 10.8 Å². The smallest absolute Gasteiger partial charge is 0.298 e. The van der Waals surface area contributed by atoms with Crippen molar-refractivity contribution >= 4 is 22.8 Å². The number of rotatable bonds is 5. The van der Waals surface area contributed by atoms with Crippen LogP contribution < -0.4 is 5.32 Å². The lowest BCUT2D eigenvalue weighted by atomic mass is 10.0. The number of alkyl halides is 4. The predicted octanol–water partition coefficient (Wildman–Crippen LogP) is 4.77. The summed E-state index contributed by atoms with van der Waals surface area (Å²) in [6.07, 6.45) is -2.20. The van der Waals surface area contributed by atoms with Crippen LogP contribution in [0.1, 0.15) is 17.8 Å². The molecule has 2 aromatic heterocycles. The topological polar surface area (TPSA) is 60.8 Å².